The zero-order chi connectivity index (χ0) is 27.9. The van der Waals surface area contributed by atoms with Gasteiger partial charge in [-0.05, 0) is 87.6 Å². The SMILES string of the molecule is c1ccc(N(c2ccc(-c3cccc4ccccc34)cc2)c2cccc(-c3ccc4sc5ccccc5c4c3)c2)cc1. The van der Waals surface area contributed by atoms with E-state index in [0.29, 0.717) is 0 Å². The van der Waals surface area contributed by atoms with Crippen molar-refractivity contribution in [2.45, 2.75) is 0 Å². The number of anilines is 3. The summed E-state index contributed by atoms with van der Waals surface area (Å²) in [4.78, 5) is 2.34. The highest BCUT2D eigenvalue weighted by Gasteiger charge is 2.14. The lowest BCUT2D eigenvalue weighted by Crippen LogP contribution is -2.09. The van der Waals surface area contributed by atoms with E-state index in [1.807, 2.05) is 11.3 Å². The van der Waals surface area contributed by atoms with Gasteiger partial charge in [0.15, 0.2) is 0 Å². The maximum atomic E-state index is 2.35. The molecule has 0 N–H and O–H groups in total. The molecule has 0 fully saturated rings. The fourth-order valence-corrected chi connectivity index (χ4v) is 7.11. The number of hydrogen-bond acceptors (Lipinski definition) is 2. The highest BCUT2D eigenvalue weighted by atomic mass is 32.1. The minimum atomic E-state index is 1.13. The first-order valence-corrected chi connectivity index (χ1v) is 15.1. The Morgan fingerprint density at radius 3 is 1.86 bits per heavy atom. The summed E-state index contributed by atoms with van der Waals surface area (Å²) in [5.41, 5.74) is 8.29. The number of nitrogens with zero attached hydrogens (tertiary/aromatic N) is 1. The molecule has 8 aromatic rings. The number of thiophene rings is 1. The highest BCUT2D eigenvalue weighted by molar-refractivity contribution is 7.25. The van der Waals surface area contributed by atoms with Gasteiger partial charge in [-0.15, -0.1) is 11.3 Å². The Morgan fingerprint density at radius 1 is 0.357 bits per heavy atom. The number of hydrogen-bond donors (Lipinski definition) is 0. The van der Waals surface area contributed by atoms with E-state index in [9.17, 15) is 0 Å². The van der Waals surface area contributed by atoms with Crippen LogP contribution < -0.4 is 4.90 Å². The Morgan fingerprint density at radius 2 is 0.976 bits per heavy atom. The van der Waals surface area contributed by atoms with E-state index in [2.05, 4.69) is 169 Å². The van der Waals surface area contributed by atoms with Crippen molar-refractivity contribution in [1.29, 1.82) is 0 Å². The topological polar surface area (TPSA) is 3.24 Å². The lowest BCUT2D eigenvalue weighted by molar-refractivity contribution is 1.28. The Hall–Kier alpha value is -5.18. The van der Waals surface area contributed by atoms with Gasteiger partial charge in [-0.25, -0.2) is 0 Å². The second-order valence-corrected chi connectivity index (χ2v) is 11.7. The van der Waals surface area contributed by atoms with Crippen molar-refractivity contribution in [3.63, 3.8) is 0 Å². The minimum absolute atomic E-state index is 1.13. The van der Waals surface area contributed by atoms with Crippen LogP contribution in [0.25, 0.3) is 53.2 Å². The van der Waals surface area contributed by atoms with Crippen LogP contribution in [0.3, 0.4) is 0 Å². The first-order valence-electron chi connectivity index (χ1n) is 14.3. The van der Waals surface area contributed by atoms with E-state index in [-0.39, 0.29) is 0 Å². The standard InChI is InChI=1S/C40H27NS/c1-2-13-32(14-3-1)41(33-23-20-29(21-24-33)36-18-9-11-28-10-4-5-16-35(28)36)34-15-8-12-30(26-34)31-22-25-40-38(27-31)37-17-6-7-19-39(37)42-40/h1-27H. The monoisotopic (exact) mass is 553 g/mol. The van der Waals surface area contributed by atoms with Crippen molar-refractivity contribution in [1.82, 2.24) is 0 Å². The van der Waals surface area contributed by atoms with Crippen LogP contribution in [0.5, 0.6) is 0 Å². The quantitative estimate of drug-likeness (QED) is 0.205. The van der Waals surface area contributed by atoms with Crippen molar-refractivity contribution >= 4 is 59.3 Å². The summed E-state index contributed by atoms with van der Waals surface area (Å²) < 4.78 is 2.66. The molecule has 1 nitrogen and oxygen atoms in total. The Bertz CT molecular complexity index is 2190. The van der Waals surface area contributed by atoms with Crippen LogP contribution in [0.4, 0.5) is 17.1 Å². The minimum Gasteiger partial charge on any atom is -0.310 e. The molecule has 1 heterocycles. The normalized spacial score (nSPS) is 11.3. The zero-order valence-corrected chi connectivity index (χ0v) is 23.8. The molecule has 0 saturated carbocycles. The van der Waals surface area contributed by atoms with Crippen LogP contribution in [0.15, 0.2) is 164 Å². The van der Waals surface area contributed by atoms with Gasteiger partial charge in [0.2, 0.25) is 0 Å². The number of fused-ring (bicyclic) bond motifs is 4. The Kier molecular flexibility index (Phi) is 6.05. The Labute approximate surface area is 249 Å². The molecule has 0 spiro atoms. The third-order valence-corrected chi connectivity index (χ3v) is 9.21. The molecule has 0 aliphatic heterocycles. The summed E-state index contributed by atoms with van der Waals surface area (Å²) in [6.07, 6.45) is 0. The van der Waals surface area contributed by atoms with Crippen molar-refractivity contribution in [2.75, 3.05) is 4.90 Å². The van der Waals surface area contributed by atoms with Gasteiger partial charge in [0.25, 0.3) is 0 Å². The molecule has 0 aliphatic rings. The van der Waals surface area contributed by atoms with Gasteiger partial charge in [-0.1, -0.05) is 109 Å². The van der Waals surface area contributed by atoms with Crippen molar-refractivity contribution < 1.29 is 0 Å². The fraction of sp³-hybridized carbons (Fsp3) is 0. The largest absolute Gasteiger partial charge is 0.310 e. The van der Waals surface area contributed by atoms with Gasteiger partial charge in [-0.2, -0.15) is 0 Å². The predicted octanol–water partition coefficient (Wildman–Crippen LogP) is 12.0. The van der Waals surface area contributed by atoms with Crippen molar-refractivity contribution in [2.24, 2.45) is 0 Å². The predicted molar refractivity (Wildman–Crippen MR) is 182 cm³/mol. The molecule has 0 unspecified atom stereocenters. The summed E-state index contributed by atoms with van der Waals surface area (Å²) >= 11 is 1.86. The van der Waals surface area contributed by atoms with Crippen LogP contribution in [0, 0.1) is 0 Å². The van der Waals surface area contributed by atoms with Crippen molar-refractivity contribution in [3.8, 4) is 22.3 Å². The van der Waals surface area contributed by atoms with Crippen LogP contribution in [0.2, 0.25) is 0 Å². The lowest BCUT2D eigenvalue weighted by Gasteiger charge is -2.26. The second kappa shape index (κ2) is 10.3. The van der Waals surface area contributed by atoms with Crippen molar-refractivity contribution in [3.05, 3.63) is 164 Å². The number of para-hydroxylation sites is 1. The average Bonchev–Trinajstić information content (AvgIpc) is 3.44. The van der Waals surface area contributed by atoms with Crippen LogP contribution in [-0.2, 0) is 0 Å². The summed E-state index contributed by atoms with van der Waals surface area (Å²) in [5, 5.41) is 5.18. The maximum Gasteiger partial charge on any atom is 0.0467 e. The van der Waals surface area contributed by atoms with Crippen LogP contribution in [0.1, 0.15) is 0 Å². The molecule has 8 rings (SSSR count). The molecule has 0 aliphatic carbocycles. The van der Waals surface area contributed by atoms with Gasteiger partial charge in [0.1, 0.15) is 0 Å². The highest BCUT2D eigenvalue weighted by Crippen LogP contribution is 2.40. The molecule has 7 aromatic carbocycles. The third-order valence-electron chi connectivity index (χ3n) is 8.05. The molecule has 0 radical (unpaired) electrons. The summed E-state index contributed by atoms with van der Waals surface area (Å²) in [7, 11) is 0. The maximum absolute atomic E-state index is 2.35. The number of benzene rings is 7. The second-order valence-electron chi connectivity index (χ2n) is 10.6. The molecule has 0 amide bonds. The van der Waals surface area contributed by atoms with E-state index in [4.69, 9.17) is 0 Å². The molecule has 0 saturated heterocycles. The van der Waals surface area contributed by atoms with Crippen LogP contribution in [-0.4, -0.2) is 0 Å². The van der Waals surface area contributed by atoms with Gasteiger partial charge < -0.3 is 4.90 Å². The first-order chi connectivity index (χ1) is 20.8. The summed E-state index contributed by atoms with van der Waals surface area (Å²) in [5.74, 6) is 0. The van der Waals surface area contributed by atoms with Gasteiger partial charge in [0, 0.05) is 37.2 Å². The molecule has 0 bridgehead atoms. The van der Waals surface area contributed by atoms with Crippen LogP contribution >= 0.6 is 11.3 Å². The molecule has 2 heteroatoms. The average molecular weight is 554 g/mol. The lowest BCUT2D eigenvalue weighted by atomic mass is 9.98. The van der Waals surface area contributed by atoms with Gasteiger partial charge >= 0.3 is 0 Å². The molecular formula is C40H27NS. The summed E-state index contributed by atoms with van der Waals surface area (Å²) in [6.45, 7) is 0. The molecule has 42 heavy (non-hydrogen) atoms. The smallest absolute Gasteiger partial charge is 0.0467 e. The molecular weight excluding hydrogens is 527 g/mol. The first kappa shape index (κ1) is 24.6. The number of rotatable bonds is 5. The third kappa shape index (κ3) is 4.34. The fourth-order valence-electron chi connectivity index (χ4n) is 6.02. The van der Waals surface area contributed by atoms with E-state index >= 15 is 0 Å². The van der Waals surface area contributed by atoms with E-state index in [1.54, 1.807) is 0 Å². The molecule has 198 valence electrons. The van der Waals surface area contributed by atoms with E-state index < -0.39 is 0 Å². The van der Waals surface area contributed by atoms with Gasteiger partial charge in [0.05, 0.1) is 0 Å². The van der Waals surface area contributed by atoms with Gasteiger partial charge in [-0.3, -0.25) is 0 Å². The van der Waals surface area contributed by atoms with E-state index in [0.717, 1.165) is 17.1 Å². The molecule has 0 atom stereocenters. The Balaban J connectivity index is 1.21. The summed E-state index contributed by atoms with van der Waals surface area (Å²) in [6, 6.07) is 59.2. The van der Waals surface area contributed by atoms with E-state index in [1.165, 1.54) is 53.2 Å². The zero-order valence-electron chi connectivity index (χ0n) is 22.9. The molecule has 1 aromatic heterocycles.